The topological polar surface area (TPSA) is 136 Å². The van der Waals surface area contributed by atoms with E-state index in [4.69, 9.17) is 9.47 Å². The van der Waals surface area contributed by atoms with Crippen molar-refractivity contribution in [2.24, 2.45) is 0 Å². The van der Waals surface area contributed by atoms with Crippen LogP contribution >= 0.6 is 0 Å². The van der Waals surface area contributed by atoms with E-state index in [0.29, 0.717) is 17.9 Å². The summed E-state index contributed by atoms with van der Waals surface area (Å²) in [6.45, 7) is 10.1. The zero-order valence-corrected chi connectivity index (χ0v) is 25.7. The number of hydrogen-bond acceptors (Lipinski definition) is 7. The molecule has 1 aromatic carbocycles. The number of pyridine rings is 1. The van der Waals surface area contributed by atoms with Gasteiger partial charge in [0.15, 0.2) is 6.10 Å². The number of nitro groups is 1. The molecule has 230 valence electrons. The van der Waals surface area contributed by atoms with Gasteiger partial charge in [0.2, 0.25) is 5.85 Å². The lowest BCUT2D eigenvalue weighted by Crippen LogP contribution is -2.60. The van der Waals surface area contributed by atoms with Crippen LogP contribution in [-0.4, -0.2) is 34.9 Å². The fourth-order valence-electron chi connectivity index (χ4n) is 4.46. The van der Waals surface area contributed by atoms with Crippen molar-refractivity contribution in [3.8, 4) is 5.75 Å². The van der Waals surface area contributed by atoms with Crippen molar-refractivity contribution in [3.63, 3.8) is 0 Å². The van der Waals surface area contributed by atoms with Crippen molar-refractivity contribution in [2.45, 2.75) is 97.4 Å². The van der Waals surface area contributed by atoms with Crippen molar-refractivity contribution in [1.82, 2.24) is 15.6 Å². The smallest absolute Gasteiger partial charge is 0.336 e. The summed E-state index contributed by atoms with van der Waals surface area (Å²) in [6.07, 6.45) is 13.8. The first kappa shape index (κ1) is 34.3. The lowest BCUT2D eigenvalue weighted by molar-refractivity contribution is -0.386. The molecule has 3 unspecified atom stereocenters. The van der Waals surface area contributed by atoms with Crippen LogP contribution in [0.3, 0.4) is 0 Å². The first-order chi connectivity index (χ1) is 20.1. The molecular formula is C32H46N4O6. The van der Waals surface area contributed by atoms with E-state index in [9.17, 15) is 19.7 Å². The molecule has 3 N–H and O–H groups in total. The molecule has 1 aliphatic heterocycles. The molecule has 2 aromatic rings. The average Bonchev–Trinajstić information content (AvgIpc) is 2.96. The Morgan fingerprint density at radius 1 is 1.10 bits per heavy atom. The number of benzene rings is 1. The van der Waals surface area contributed by atoms with Crippen LogP contribution in [0.15, 0.2) is 65.2 Å². The molecular weight excluding hydrogens is 536 g/mol. The Balaban J connectivity index is 0.000000468. The molecule has 0 bridgehead atoms. The van der Waals surface area contributed by atoms with Crippen LogP contribution in [0.5, 0.6) is 5.75 Å². The van der Waals surface area contributed by atoms with Gasteiger partial charge in [-0.3, -0.25) is 19.7 Å². The van der Waals surface area contributed by atoms with E-state index < -0.39 is 22.4 Å². The number of ether oxygens (including phenoxy) is 2. The number of nitrogens with one attached hydrogen (secondary N) is 3. The Hall–Kier alpha value is -3.92. The first-order valence-corrected chi connectivity index (χ1v) is 14.7. The first-order valence-electron chi connectivity index (χ1n) is 14.7. The third-order valence-electron chi connectivity index (χ3n) is 7.23. The van der Waals surface area contributed by atoms with Crippen LogP contribution < -0.4 is 20.9 Å². The molecule has 2 heterocycles. The predicted octanol–water partition coefficient (Wildman–Crippen LogP) is 6.38. The summed E-state index contributed by atoms with van der Waals surface area (Å²) in [4.78, 5) is 35.8. The molecule has 10 nitrogen and oxygen atoms in total. The van der Waals surface area contributed by atoms with Crippen LogP contribution in [0.1, 0.15) is 89.7 Å². The van der Waals surface area contributed by atoms with Crippen molar-refractivity contribution in [1.29, 1.82) is 0 Å². The number of nitrogens with zero attached hydrogens (tertiary/aromatic N) is 1. The number of H-pyrrole nitrogens is 1. The fraction of sp³-hybridized carbons (Fsp3) is 0.500. The zero-order valence-electron chi connectivity index (χ0n) is 25.7. The van der Waals surface area contributed by atoms with Gasteiger partial charge in [0, 0.05) is 25.1 Å². The van der Waals surface area contributed by atoms with E-state index in [1.807, 2.05) is 31.2 Å². The molecule has 10 heteroatoms. The number of aryl methyl sites for hydroxylation is 1. The van der Waals surface area contributed by atoms with E-state index in [0.717, 1.165) is 30.6 Å². The highest BCUT2D eigenvalue weighted by Gasteiger charge is 2.33. The van der Waals surface area contributed by atoms with Gasteiger partial charge in [-0.2, -0.15) is 0 Å². The average molecular weight is 583 g/mol. The number of dihydropyridines is 1. The maximum absolute atomic E-state index is 13.2. The summed E-state index contributed by atoms with van der Waals surface area (Å²) < 4.78 is 11.8. The summed E-state index contributed by atoms with van der Waals surface area (Å²) in [7, 11) is 1.57. The van der Waals surface area contributed by atoms with Gasteiger partial charge in [-0.25, -0.2) is 0 Å². The SMILES string of the molecule is CCCCCCCC(Oc1ccc(C(C)CC)cc1)C(=O)NC1(OC)C=C(C)C=CN1.Cc1cc[nH]c(=O)c1[N+](=O)[O-]. The van der Waals surface area contributed by atoms with Gasteiger partial charge >= 0.3 is 11.2 Å². The molecule has 0 fully saturated rings. The molecule has 0 saturated heterocycles. The number of amides is 1. The molecule has 1 amide bonds. The number of aromatic amines is 1. The Kier molecular flexibility index (Phi) is 14.0. The minimum absolute atomic E-state index is 0.185. The molecule has 1 aromatic heterocycles. The van der Waals surface area contributed by atoms with Gasteiger partial charge in [0.25, 0.3) is 5.91 Å². The third-order valence-corrected chi connectivity index (χ3v) is 7.23. The van der Waals surface area contributed by atoms with E-state index in [2.05, 4.69) is 48.5 Å². The Labute approximate surface area is 248 Å². The van der Waals surface area contributed by atoms with Crippen LogP contribution in [0.2, 0.25) is 0 Å². The van der Waals surface area contributed by atoms with Crippen LogP contribution in [0.25, 0.3) is 0 Å². The van der Waals surface area contributed by atoms with Gasteiger partial charge in [-0.1, -0.05) is 58.6 Å². The maximum Gasteiger partial charge on any atom is 0.336 e. The molecule has 3 atom stereocenters. The highest BCUT2D eigenvalue weighted by Crippen LogP contribution is 2.23. The van der Waals surface area contributed by atoms with E-state index in [1.54, 1.807) is 13.3 Å². The highest BCUT2D eigenvalue weighted by molar-refractivity contribution is 5.82. The summed E-state index contributed by atoms with van der Waals surface area (Å²) in [5.41, 5.74) is 1.63. The quantitative estimate of drug-likeness (QED) is 0.102. The normalized spacial score (nSPS) is 17.1. The highest BCUT2D eigenvalue weighted by atomic mass is 16.6. The molecule has 1 aliphatic rings. The van der Waals surface area contributed by atoms with Crippen molar-refractivity contribution in [3.05, 3.63) is 92.0 Å². The van der Waals surface area contributed by atoms with Gasteiger partial charge in [0.1, 0.15) is 5.75 Å². The second-order valence-corrected chi connectivity index (χ2v) is 10.6. The minimum Gasteiger partial charge on any atom is -0.481 e. The van der Waals surface area contributed by atoms with Gasteiger partial charge in [-0.05, 0) is 80.5 Å². The molecule has 3 rings (SSSR count). The largest absolute Gasteiger partial charge is 0.481 e. The lowest BCUT2D eigenvalue weighted by Gasteiger charge is -2.34. The fourth-order valence-corrected chi connectivity index (χ4v) is 4.46. The lowest BCUT2D eigenvalue weighted by atomic mass is 9.99. The summed E-state index contributed by atoms with van der Waals surface area (Å²) in [5, 5.41) is 16.3. The second-order valence-electron chi connectivity index (χ2n) is 10.6. The maximum atomic E-state index is 13.2. The summed E-state index contributed by atoms with van der Waals surface area (Å²) in [6, 6.07) is 9.61. The Morgan fingerprint density at radius 2 is 1.79 bits per heavy atom. The number of carbonyl (C=O) groups is 1. The van der Waals surface area contributed by atoms with E-state index >= 15 is 0 Å². The molecule has 0 spiro atoms. The van der Waals surface area contributed by atoms with Gasteiger partial charge < -0.3 is 25.1 Å². The van der Waals surface area contributed by atoms with Crippen molar-refractivity contribution in [2.75, 3.05) is 7.11 Å². The predicted molar refractivity (Wildman–Crippen MR) is 165 cm³/mol. The molecule has 0 radical (unpaired) electrons. The van der Waals surface area contributed by atoms with Crippen molar-refractivity contribution >= 4 is 11.6 Å². The third kappa shape index (κ3) is 10.5. The number of unbranched alkanes of at least 4 members (excludes halogenated alkanes) is 4. The van der Waals surface area contributed by atoms with Crippen molar-refractivity contribution < 1.29 is 19.2 Å². The van der Waals surface area contributed by atoms with Crippen LogP contribution in [0, 0.1) is 17.0 Å². The molecule has 0 saturated carbocycles. The zero-order chi connectivity index (χ0) is 31.1. The van der Waals surface area contributed by atoms with Crippen LogP contribution in [-0.2, 0) is 9.53 Å². The number of rotatable bonds is 14. The number of allylic oxidation sites excluding steroid dienone is 2. The molecule has 42 heavy (non-hydrogen) atoms. The minimum atomic E-state index is -1.06. The summed E-state index contributed by atoms with van der Waals surface area (Å²) in [5.74, 6) is -0.0143. The second kappa shape index (κ2) is 17.1. The van der Waals surface area contributed by atoms with Gasteiger partial charge in [0.05, 0.1) is 4.92 Å². The molecule has 0 aliphatic carbocycles. The van der Waals surface area contributed by atoms with Crippen LogP contribution in [0.4, 0.5) is 5.69 Å². The van der Waals surface area contributed by atoms with Gasteiger partial charge in [-0.15, -0.1) is 0 Å². The summed E-state index contributed by atoms with van der Waals surface area (Å²) >= 11 is 0. The number of hydrogen-bond donors (Lipinski definition) is 3. The standard InChI is InChI=1S/C26H40N2O3.C6H6N2O3/c1-6-8-9-10-11-12-24(31-23-15-13-22(14-16-23)21(4)7-2)25(29)28-26(30-5)19-20(3)17-18-27-26;1-4-2-3-7-6(9)5(4)8(10)11/h13-19,21,24,27H,6-12H2,1-5H3,(H,28,29);2-3H,1H3,(H,7,9). The Bertz CT molecular complexity index is 1270. The number of methoxy groups -OCH3 is 1. The van der Waals surface area contributed by atoms with E-state index in [-0.39, 0.29) is 11.6 Å². The monoisotopic (exact) mass is 582 g/mol. The number of aromatic nitrogens is 1. The number of carbonyl (C=O) groups excluding carboxylic acids is 1. The Morgan fingerprint density at radius 3 is 2.33 bits per heavy atom. The van der Waals surface area contributed by atoms with E-state index in [1.165, 1.54) is 44.0 Å².